The molecule has 2 aromatic carbocycles. The van der Waals surface area contributed by atoms with Crippen LogP contribution < -0.4 is 21.6 Å². The second-order valence-corrected chi connectivity index (χ2v) is 13.6. The Balaban J connectivity index is 1.48. The second-order valence-electron chi connectivity index (χ2n) is 13.2. The molecule has 222 valence electrons. The van der Waals surface area contributed by atoms with Crippen LogP contribution in [0.5, 0.6) is 0 Å². The zero-order chi connectivity index (χ0) is 31.2. The van der Waals surface area contributed by atoms with Crippen LogP contribution in [0.1, 0.15) is 66.5 Å². The molecular weight excluding hydrogens is 551 g/mol. The fraction of sp³-hybridized carbons (Fsp3) is 0.438. The number of nitriles is 1. The van der Waals surface area contributed by atoms with Gasteiger partial charge in [0.1, 0.15) is 11.9 Å². The summed E-state index contributed by atoms with van der Waals surface area (Å²) in [6.07, 6.45) is 4.38. The first-order valence-electron chi connectivity index (χ1n) is 14.8. The number of halogens is 2. The zero-order valence-electron chi connectivity index (χ0n) is 26.1. The van der Waals surface area contributed by atoms with Gasteiger partial charge in [0.15, 0.2) is 0 Å². The van der Waals surface area contributed by atoms with Crippen LogP contribution >= 0.6 is 11.6 Å². The summed E-state index contributed by atoms with van der Waals surface area (Å²) in [6, 6.07) is 10.7. The van der Waals surface area contributed by atoms with Crippen molar-refractivity contribution in [3.05, 3.63) is 76.5 Å². The molecule has 4 N–H and O–H groups in total. The zero-order valence-corrected chi connectivity index (χ0v) is 25.8. The van der Waals surface area contributed by atoms with Gasteiger partial charge in [-0.3, -0.25) is 14.9 Å². The van der Waals surface area contributed by atoms with Crippen molar-refractivity contribution in [2.45, 2.75) is 65.6 Å². The summed E-state index contributed by atoms with van der Waals surface area (Å²) < 4.78 is 23.7. The molecule has 1 saturated heterocycles. The molecule has 2 aliphatic rings. The van der Waals surface area contributed by atoms with Crippen LogP contribution in [0.4, 0.5) is 15.8 Å². The predicted octanol–water partition coefficient (Wildman–Crippen LogP) is 6.55. The summed E-state index contributed by atoms with van der Waals surface area (Å²) >= 11 is 6.74. The lowest BCUT2D eigenvalue weighted by atomic mass is 9.96. The molecule has 0 bridgehead atoms. The fourth-order valence-corrected chi connectivity index (χ4v) is 5.42. The van der Waals surface area contributed by atoms with Gasteiger partial charge < -0.3 is 16.1 Å². The van der Waals surface area contributed by atoms with E-state index in [1.165, 1.54) is 18.3 Å². The maximum absolute atomic E-state index is 13.9. The number of fused-ring (bicyclic) bond motifs is 1. The number of nitrogens with one attached hydrogen (secondary N) is 4. The third-order valence-electron chi connectivity index (χ3n) is 7.41. The Morgan fingerprint density at radius 3 is 2.60 bits per heavy atom. The SMILES string of the molecule is [2H][C@@](Nc1cc(Cl)c2ncc(C#N)c(NCC(C)(C)C)c2c1)(C1=CN(CCC2CN2C(C)(C)C)NN1)c1ccc(F)cc1. The van der Waals surface area contributed by atoms with Gasteiger partial charge in [-0.25, -0.2) is 4.39 Å². The van der Waals surface area contributed by atoms with Crippen molar-refractivity contribution in [2.24, 2.45) is 5.41 Å². The monoisotopic (exact) mass is 591 g/mol. The average Bonchev–Trinajstić information content (AvgIpc) is 3.58. The van der Waals surface area contributed by atoms with Crippen molar-refractivity contribution >= 4 is 33.9 Å². The largest absolute Gasteiger partial charge is 0.383 e. The van der Waals surface area contributed by atoms with E-state index in [4.69, 9.17) is 11.6 Å². The number of benzene rings is 2. The number of pyridine rings is 1. The highest BCUT2D eigenvalue weighted by Gasteiger charge is 2.41. The van der Waals surface area contributed by atoms with E-state index in [0.29, 0.717) is 56.7 Å². The van der Waals surface area contributed by atoms with Crippen LogP contribution in [0.25, 0.3) is 10.9 Å². The first-order chi connectivity index (χ1) is 20.2. The normalized spacial score (nSPS) is 20.3. The highest BCUT2D eigenvalue weighted by atomic mass is 35.5. The summed E-state index contributed by atoms with van der Waals surface area (Å²) in [7, 11) is 0. The Morgan fingerprint density at radius 2 is 1.95 bits per heavy atom. The van der Waals surface area contributed by atoms with E-state index in [1.54, 1.807) is 18.2 Å². The minimum Gasteiger partial charge on any atom is -0.383 e. The fourth-order valence-electron chi connectivity index (χ4n) is 5.15. The van der Waals surface area contributed by atoms with E-state index in [1.807, 2.05) is 17.3 Å². The van der Waals surface area contributed by atoms with Crippen LogP contribution in [0, 0.1) is 22.6 Å². The van der Waals surface area contributed by atoms with E-state index in [-0.39, 0.29) is 16.8 Å². The molecule has 1 aromatic heterocycles. The Kier molecular flexibility index (Phi) is 7.88. The van der Waals surface area contributed by atoms with Gasteiger partial charge >= 0.3 is 0 Å². The van der Waals surface area contributed by atoms with E-state index < -0.39 is 6.02 Å². The van der Waals surface area contributed by atoms with Crippen molar-refractivity contribution in [3.8, 4) is 6.07 Å². The Morgan fingerprint density at radius 1 is 1.21 bits per heavy atom. The first kappa shape index (κ1) is 28.5. The Bertz CT molecular complexity index is 1570. The number of hydrogen-bond acceptors (Lipinski definition) is 8. The number of hydrazine groups is 2. The number of hydrogen-bond donors (Lipinski definition) is 4. The van der Waals surface area contributed by atoms with Crippen LogP contribution in [-0.4, -0.2) is 46.1 Å². The predicted molar refractivity (Wildman–Crippen MR) is 168 cm³/mol. The molecule has 3 atom stereocenters. The smallest absolute Gasteiger partial charge is 0.123 e. The minimum atomic E-state index is -1.54. The van der Waals surface area contributed by atoms with Crippen molar-refractivity contribution in [2.75, 3.05) is 30.3 Å². The van der Waals surface area contributed by atoms with E-state index >= 15 is 0 Å². The first-order valence-corrected chi connectivity index (χ1v) is 14.6. The molecule has 5 rings (SSSR count). The van der Waals surface area contributed by atoms with Gasteiger partial charge in [0.05, 0.1) is 34.9 Å². The van der Waals surface area contributed by atoms with Crippen LogP contribution in [0.15, 0.2) is 54.5 Å². The minimum absolute atomic E-state index is 0.0368. The van der Waals surface area contributed by atoms with E-state index in [2.05, 4.69) is 79.1 Å². The maximum atomic E-state index is 13.9. The van der Waals surface area contributed by atoms with Crippen molar-refractivity contribution < 1.29 is 5.76 Å². The number of anilines is 2. The number of rotatable bonds is 9. The number of nitrogens with zero attached hydrogens (tertiary/aromatic N) is 4. The van der Waals surface area contributed by atoms with Crippen molar-refractivity contribution in [1.82, 2.24) is 25.9 Å². The molecule has 2 unspecified atom stereocenters. The van der Waals surface area contributed by atoms with Gasteiger partial charge in [-0.15, -0.1) is 5.53 Å². The molecular formula is C32H40ClFN8. The molecule has 2 aliphatic heterocycles. The summed E-state index contributed by atoms with van der Waals surface area (Å²) in [5.74, 6) is -0.384. The van der Waals surface area contributed by atoms with Gasteiger partial charge in [-0.05, 0) is 62.4 Å². The third-order valence-corrected chi connectivity index (χ3v) is 7.70. The van der Waals surface area contributed by atoms with Gasteiger partial charge in [0.2, 0.25) is 0 Å². The molecule has 8 nitrogen and oxygen atoms in total. The summed E-state index contributed by atoms with van der Waals surface area (Å²) in [5, 5.41) is 19.6. The third kappa shape index (κ3) is 6.89. The van der Waals surface area contributed by atoms with Gasteiger partial charge in [-0.2, -0.15) is 5.26 Å². The molecule has 0 aliphatic carbocycles. The standard InChI is InChI=1S/C32H40ClFN8/c1-31(2,3)19-37-28-21(15-35)16-36-30-25(28)13-23(14-26(30)33)38-29(20-7-9-22(34)10-8-20)27-18-41(40-39-27)12-11-24-17-42(24)32(4,5)6/h7-10,13-14,16,18,24,29,38-40H,11-12,17,19H2,1-6H3,(H,36,37)/t24?,29-,42?/m0/s1/i29D. The highest BCUT2D eigenvalue weighted by Crippen LogP contribution is 2.36. The molecule has 42 heavy (non-hydrogen) atoms. The molecule has 0 spiro atoms. The lowest BCUT2D eigenvalue weighted by Crippen LogP contribution is -2.38. The molecule has 3 heterocycles. The van der Waals surface area contributed by atoms with E-state index in [0.717, 1.165) is 19.5 Å². The van der Waals surface area contributed by atoms with Crippen LogP contribution in [0.3, 0.4) is 0 Å². The van der Waals surface area contributed by atoms with Gasteiger partial charge in [0.25, 0.3) is 0 Å². The Labute approximate surface area is 254 Å². The van der Waals surface area contributed by atoms with Crippen LogP contribution in [0.2, 0.25) is 5.02 Å². The molecule has 0 saturated carbocycles. The lowest BCUT2D eigenvalue weighted by Gasteiger charge is -2.23. The van der Waals surface area contributed by atoms with Crippen LogP contribution in [-0.2, 0) is 0 Å². The molecule has 1 fully saturated rings. The van der Waals surface area contributed by atoms with E-state index in [9.17, 15) is 11.0 Å². The Hall–Kier alpha value is -3.58. The molecule has 0 radical (unpaired) electrons. The maximum Gasteiger partial charge on any atom is 0.123 e. The second kappa shape index (κ2) is 11.6. The molecule has 10 heteroatoms. The van der Waals surface area contributed by atoms with Crippen molar-refractivity contribution in [3.63, 3.8) is 0 Å². The topological polar surface area (TPSA) is 91.1 Å². The lowest BCUT2D eigenvalue weighted by molar-refractivity contribution is 0.241. The highest BCUT2D eigenvalue weighted by molar-refractivity contribution is 6.35. The average molecular weight is 592 g/mol. The number of aromatic nitrogens is 1. The summed E-state index contributed by atoms with van der Waals surface area (Å²) in [4.78, 5) is 6.92. The van der Waals surface area contributed by atoms with Crippen molar-refractivity contribution in [1.29, 1.82) is 5.26 Å². The van der Waals surface area contributed by atoms with Gasteiger partial charge in [-0.1, -0.05) is 44.5 Å². The molecule has 3 aromatic rings. The quantitative estimate of drug-likeness (QED) is 0.208. The van der Waals surface area contributed by atoms with Gasteiger partial charge in [0, 0.05) is 54.7 Å². The molecule has 0 amide bonds. The summed E-state index contributed by atoms with van der Waals surface area (Å²) in [5.41, 5.74) is 9.66. The summed E-state index contributed by atoms with van der Waals surface area (Å²) in [6.45, 7) is 15.5.